The molecule has 0 radical (unpaired) electrons. The minimum atomic E-state index is -0.779. The van der Waals surface area contributed by atoms with Crippen LogP contribution in [0.15, 0.2) is 11.1 Å². The lowest BCUT2D eigenvalue weighted by atomic mass is 10.0. The molecule has 0 rings (SSSR count). The number of carboxylic acid groups (broad SMARTS) is 1. The van der Waals surface area contributed by atoms with E-state index in [1.807, 2.05) is 0 Å². The summed E-state index contributed by atoms with van der Waals surface area (Å²) in [7, 11) is 0. The molecule has 4 nitrogen and oxygen atoms in total. The monoisotopic (exact) mass is 284 g/mol. The number of aliphatic carboxylic acids is 1. The third-order valence-corrected chi connectivity index (χ3v) is 4.10. The van der Waals surface area contributed by atoms with Crippen molar-refractivity contribution >= 4 is 5.97 Å². The van der Waals surface area contributed by atoms with Crippen LogP contribution >= 0.6 is 0 Å². The van der Waals surface area contributed by atoms with Crippen molar-refractivity contribution in [1.82, 2.24) is 9.80 Å². The number of carboxylic acids is 1. The molecular weight excluding hydrogens is 252 g/mol. The lowest BCUT2D eigenvalue weighted by Gasteiger charge is -2.22. The second kappa shape index (κ2) is 10.9. The molecule has 0 aromatic rings. The molecule has 0 saturated heterocycles. The van der Waals surface area contributed by atoms with E-state index in [0.717, 1.165) is 57.7 Å². The van der Waals surface area contributed by atoms with E-state index in [0.29, 0.717) is 5.57 Å². The van der Waals surface area contributed by atoms with Gasteiger partial charge in [-0.15, -0.1) is 0 Å². The van der Waals surface area contributed by atoms with Crippen molar-refractivity contribution in [3.63, 3.8) is 0 Å². The minimum Gasteiger partial charge on any atom is -0.478 e. The van der Waals surface area contributed by atoms with Crippen LogP contribution in [-0.2, 0) is 4.79 Å². The predicted molar refractivity (Wildman–Crippen MR) is 85.1 cm³/mol. The highest BCUT2D eigenvalue weighted by Crippen LogP contribution is 2.15. The van der Waals surface area contributed by atoms with E-state index in [4.69, 9.17) is 0 Å². The standard InChI is InChI=1S/C16H32N2O2/c1-6-17(7-2)12-10-15(14(5)16(19)20)11-13-18(8-3)9-4/h6-13H2,1-5H3,(H,19,20). The molecule has 0 aromatic heterocycles. The van der Waals surface area contributed by atoms with E-state index < -0.39 is 5.97 Å². The molecule has 118 valence electrons. The molecule has 4 heteroatoms. The summed E-state index contributed by atoms with van der Waals surface area (Å²) >= 11 is 0. The SMILES string of the molecule is CCN(CC)CCC(CCN(CC)CC)=C(C)C(=O)O. The maximum atomic E-state index is 11.2. The fourth-order valence-electron chi connectivity index (χ4n) is 2.32. The topological polar surface area (TPSA) is 43.8 Å². The molecule has 0 aliphatic heterocycles. The third kappa shape index (κ3) is 7.06. The van der Waals surface area contributed by atoms with Gasteiger partial charge in [0.05, 0.1) is 0 Å². The Morgan fingerprint density at radius 2 is 1.20 bits per heavy atom. The van der Waals surface area contributed by atoms with E-state index >= 15 is 0 Å². The van der Waals surface area contributed by atoms with Crippen LogP contribution < -0.4 is 0 Å². The van der Waals surface area contributed by atoms with Crippen LogP contribution in [0.25, 0.3) is 0 Å². The van der Waals surface area contributed by atoms with E-state index in [1.54, 1.807) is 6.92 Å². The Bertz CT molecular complexity index is 288. The largest absolute Gasteiger partial charge is 0.478 e. The van der Waals surface area contributed by atoms with Crippen LogP contribution in [0, 0.1) is 0 Å². The van der Waals surface area contributed by atoms with Crippen molar-refractivity contribution in [2.24, 2.45) is 0 Å². The van der Waals surface area contributed by atoms with Gasteiger partial charge in [0.25, 0.3) is 0 Å². The van der Waals surface area contributed by atoms with E-state index in [1.165, 1.54) is 0 Å². The molecule has 0 spiro atoms. The van der Waals surface area contributed by atoms with E-state index in [-0.39, 0.29) is 0 Å². The molecule has 0 aliphatic carbocycles. The highest BCUT2D eigenvalue weighted by Gasteiger charge is 2.12. The average Bonchev–Trinajstić information content (AvgIpc) is 2.46. The first-order chi connectivity index (χ1) is 9.49. The first-order valence-electron chi connectivity index (χ1n) is 7.86. The van der Waals surface area contributed by atoms with Gasteiger partial charge in [0.1, 0.15) is 0 Å². The molecule has 0 aliphatic rings. The molecule has 0 bridgehead atoms. The predicted octanol–water partition coefficient (Wildman–Crippen LogP) is 2.85. The summed E-state index contributed by atoms with van der Waals surface area (Å²) in [6.45, 7) is 16.3. The Morgan fingerprint density at radius 1 is 0.850 bits per heavy atom. The van der Waals surface area contributed by atoms with Gasteiger partial charge in [-0.3, -0.25) is 0 Å². The molecule has 0 amide bonds. The molecule has 0 heterocycles. The van der Waals surface area contributed by atoms with Crippen molar-refractivity contribution in [3.8, 4) is 0 Å². The van der Waals surface area contributed by atoms with E-state index in [9.17, 15) is 9.90 Å². The molecule has 0 fully saturated rings. The Hall–Kier alpha value is -0.870. The van der Waals surface area contributed by atoms with Crippen molar-refractivity contribution in [2.75, 3.05) is 39.3 Å². The zero-order valence-corrected chi connectivity index (χ0v) is 13.9. The quantitative estimate of drug-likeness (QED) is 0.593. The number of nitrogens with zero attached hydrogens (tertiary/aromatic N) is 2. The van der Waals surface area contributed by atoms with Crippen molar-refractivity contribution < 1.29 is 9.90 Å². The third-order valence-electron chi connectivity index (χ3n) is 4.10. The summed E-state index contributed by atoms with van der Waals surface area (Å²) in [6.07, 6.45) is 1.72. The van der Waals surface area contributed by atoms with Crippen LogP contribution in [0.5, 0.6) is 0 Å². The zero-order valence-electron chi connectivity index (χ0n) is 13.9. The fourth-order valence-corrected chi connectivity index (χ4v) is 2.32. The molecule has 0 atom stereocenters. The van der Waals surface area contributed by atoms with Crippen molar-refractivity contribution in [2.45, 2.75) is 47.5 Å². The Balaban J connectivity index is 4.67. The molecule has 0 saturated carbocycles. The molecule has 20 heavy (non-hydrogen) atoms. The number of rotatable bonds is 11. The molecule has 0 unspecified atom stereocenters. The van der Waals surface area contributed by atoms with Gasteiger partial charge in [0.15, 0.2) is 0 Å². The van der Waals surface area contributed by atoms with Gasteiger partial charge in [-0.05, 0) is 45.9 Å². The summed E-state index contributed by atoms with van der Waals surface area (Å²) in [5, 5.41) is 9.23. The molecule has 1 N–H and O–H groups in total. The highest BCUT2D eigenvalue weighted by atomic mass is 16.4. The lowest BCUT2D eigenvalue weighted by Crippen LogP contribution is -2.27. The smallest absolute Gasteiger partial charge is 0.331 e. The van der Waals surface area contributed by atoms with Crippen LogP contribution in [0.1, 0.15) is 47.5 Å². The van der Waals surface area contributed by atoms with Crippen LogP contribution in [-0.4, -0.2) is 60.1 Å². The van der Waals surface area contributed by atoms with Gasteiger partial charge in [0, 0.05) is 18.7 Å². The van der Waals surface area contributed by atoms with Gasteiger partial charge in [0.2, 0.25) is 0 Å². The van der Waals surface area contributed by atoms with Gasteiger partial charge in [-0.25, -0.2) is 4.79 Å². The number of hydrogen-bond donors (Lipinski definition) is 1. The average molecular weight is 284 g/mol. The number of hydrogen-bond acceptors (Lipinski definition) is 3. The van der Waals surface area contributed by atoms with Crippen molar-refractivity contribution in [3.05, 3.63) is 11.1 Å². The van der Waals surface area contributed by atoms with Gasteiger partial charge >= 0.3 is 5.97 Å². The Morgan fingerprint density at radius 3 is 1.45 bits per heavy atom. The lowest BCUT2D eigenvalue weighted by molar-refractivity contribution is -0.132. The van der Waals surface area contributed by atoms with Crippen LogP contribution in [0.4, 0.5) is 0 Å². The fraction of sp³-hybridized carbons (Fsp3) is 0.812. The summed E-state index contributed by atoms with van der Waals surface area (Å²) in [5.41, 5.74) is 1.63. The van der Waals surface area contributed by atoms with Gasteiger partial charge in [-0.1, -0.05) is 33.3 Å². The first-order valence-corrected chi connectivity index (χ1v) is 7.86. The first kappa shape index (κ1) is 19.1. The maximum absolute atomic E-state index is 11.2. The summed E-state index contributed by atoms with van der Waals surface area (Å²) in [6, 6.07) is 0. The summed E-state index contributed by atoms with van der Waals surface area (Å²) in [5.74, 6) is -0.779. The summed E-state index contributed by atoms with van der Waals surface area (Å²) in [4.78, 5) is 15.9. The highest BCUT2D eigenvalue weighted by molar-refractivity contribution is 5.86. The van der Waals surface area contributed by atoms with Crippen LogP contribution in [0.3, 0.4) is 0 Å². The Kier molecular flexibility index (Phi) is 10.4. The molecule has 0 aromatic carbocycles. The Labute approximate surface area is 124 Å². The second-order valence-electron chi connectivity index (χ2n) is 5.09. The van der Waals surface area contributed by atoms with Crippen molar-refractivity contribution in [1.29, 1.82) is 0 Å². The molecular formula is C16H32N2O2. The summed E-state index contributed by atoms with van der Waals surface area (Å²) < 4.78 is 0. The second-order valence-corrected chi connectivity index (χ2v) is 5.09. The normalized spacial score (nSPS) is 11.2. The zero-order chi connectivity index (χ0) is 15.5. The number of carbonyl (C=O) groups is 1. The van der Waals surface area contributed by atoms with Gasteiger partial charge in [-0.2, -0.15) is 0 Å². The maximum Gasteiger partial charge on any atom is 0.331 e. The van der Waals surface area contributed by atoms with Crippen LogP contribution in [0.2, 0.25) is 0 Å². The van der Waals surface area contributed by atoms with Gasteiger partial charge < -0.3 is 14.9 Å². The minimum absolute atomic E-state index is 0.532. The van der Waals surface area contributed by atoms with E-state index in [2.05, 4.69) is 37.5 Å².